The number of benzene rings is 8. The van der Waals surface area contributed by atoms with Gasteiger partial charge in [-0.25, -0.2) is 0 Å². The van der Waals surface area contributed by atoms with Crippen LogP contribution in [0.15, 0.2) is 194 Å². The van der Waals surface area contributed by atoms with Gasteiger partial charge in [0, 0.05) is 11.1 Å². The van der Waals surface area contributed by atoms with Gasteiger partial charge in [0.1, 0.15) is 46.6 Å². The second-order valence-corrected chi connectivity index (χ2v) is 17.1. The van der Waals surface area contributed by atoms with Crippen LogP contribution in [0.3, 0.4) is 0 Å². The summed E-state index contributed by atoms with van der Waals surface area (Å²) in [5.74, 6) is -0.428. The summed E-state index contributed by atoms with van der Waals surface area (Å²) in [5.41, 5.74) is -11.1. The van der Waals surface area contributed by atoms with Crippen LogP contribution in [0.2, 0.25) is 0 Å². The fourth-order valence-electron chi connectivity index (χ4n) is 8.31. The van der Waals surface area contributed by atoms with Crippen LogP contribution < -0.4 is 18.9 Å². The number of carbonyl (C=O) groups excluding carboxylic acids is 1. The predicted octanol–water partition coefficient (Wildman–Crippen LogP) is 17.6. The molecule has 0 aliphatic carbocycles. The molecule has 8 aromatic carbocycles. The molecule has 0 amide bonds. The Balaban J connectivity index is 0.000000451. The van der Waals surface area contributed by atoms with Gasteiger partial charge in [-0.05, 0) is 131 Å². The highest BCUT2D eigenvalue weighted by Crippen LogP contribution is 2.58. The minimum Gasteiger partial charge on any atom is -0.497 e. The summed E-state index contributed by atoms with van der Waals surface area (Å²) in [6.07, 6.45) is -23.2. The van der Waals surface area contributed by atoms with E-state index in [9.17, 15) is 57.5 Å². The lowest BCUT2D eigenvalue weighted by Crippen LogP contribution is -2.54. The van der Waals surface area contributed by atoms with E-state index < -0.39 is 63.6 Å². The van der Waals surface area contributed by atoms with Crippen molar-refractivity contribution in [2.45, 2.75) is 35.5 Å². The number of hydrogen-bond donors (Lipinski definition) is 0. The van der Waals surface area contributed by atoms with Gasteiger partial charge in [0.25, 0.3) is 0 Å². The Morgan fingerprint density at radius 1 is 0.378 bits per heavy atom. The molecule has 0 aliphatic rings. The molecular formula is C61H38F12N4O5. The number of ketones is 1. The van der Waals surface area contributed by atoms with Crippen molar-refractivity contribution >= 4 is 17.2 Å². The van der Waals surface area contributed by atoms with Crippen molar-refractivity contribution in [2.24, 2.45) is 0 Å². The molecule has 0 bridgehead atoms. The van der Waals surface area contributed by atoms with Crippen molar-refractivity contribution in [3.05, 3.63) is 261 Å². The first-order valence-electron chi connectivity index (χ1n) is 23.4. The highest BCUT2D eigenvalue weighted by atomic mass is 19.4. The zero-order valence-electron chi connectivity index (χ0n) is 42.3. The number of ether oxygens (including phenoxy) is 4. The van der Waals surface area contributed by atoms with Gasteiger partial charge in [0.2, 0.25) is 10.8 Å². The molecule has 0 atom stereocenters. The van der Waals surface area contributed by atoms with E-state index in [0.717, 1.165) is 48.5 Å². The number of halogens is 12. The summed E-state index contributed by atoms with van der Waals surface area (Å²) >= 11 is 0. The van der Waals surface area contributed by atoms with Crippen LogP contribution in [0.5, 0.6) is 34.5 Å². The molecule has 0 saturated heterocycles. The molecule has 21 heteroatoms. The Morgan fingerprint density at radius 3 is 0.829 bits per heavy atom. The number of para-hydroxylation sites is 2. The maximum absolute atomic E-state index is 14.5. The standard InChI is InChI=1S/C45H30F12O5.2C8H4N2/c1-59-33-19-7-29(8-20-33)40(42(46,47)48,43(49,50)51)31-11-23-37(24-12-31)61-35-15-3-27(4-16-35)39(58)28-5-17-36(18-6-28)62-38-25-13-32(14-26-38)41(44(52,53)54,45(55,56)57)30-9-21-34(60-2)22-10-30;1-9-7-5-3-4-6-8(7)10-2;9-5-7-3-1-2-4-8(7)6-10/h3-26H,1-2H3;3-6H;1-4H. The number of alkyl halides is 12. The molecule has 0 heterocycles. The normalized spacial score (nSPS) is 11.5. The molecule has 8 rings (SSSR count). The topological polar surface area (TPSA) is 110 Å². The number of hydrogen-bond acceptors (Lipinski definition) is 7. The Bertz CT molecular complexity index is 3310. The molecule has 0 radical (unpaired) electrons. The molecule has 0 spiro atoms. The van der Waals surface area contributed by atoms with Gasteiger partial charge in [-0.15, -0.1) is 0 Å². The molecule has 0 unspecified atom stereocenters. The third kappa shape index (κ3) is 12.9. The Kier molecular flexibility index (Phi) is 18.8. The van der Waals surface area contributed by atoms with Gasteiger partial charge >= 0.3 is 24.7 Å². The van der Waals surface area contributed by atoms with Crippen molar-refractivity contribution in [3.63, 3.8) is 0 Å². The van der Waals surface area contributed by atoms with Crippen LogP contribution in [0, 0.1) is 35.8 Å². The van der Waals surface area contributed by atoms with Crippen molar-refractivity contribution in [1.82, 2.24) is 0 Å². The first-order chi connectivity index (χ1) is 38.8. The van der Waals surface area contributed by atoms with E-state index in [1.54, 1.807) is 48.5 Å². The van der Waals surface area contributed by atoms with Crippen LogP contribution in [0.25, 0.3) is 9.69 Å². The number of carbonyl (C=O) groups is 1. The Labute approximate surface area is 460 Å². The van der Waals surface area contributed by atoms with E-state index in [2.05, 4.69) is 9.69 Å². The van der Waals surface area contributed by atoms with Crippen LogP contribution in [0.1, 0.15) is 49.3 Å². The van der Waals surface area contributed by atoms with Crippen LogP contribution in [0.4, 0.5) is 64.1 Å². The molecule has 82 heavy (non-hydrogen) atoms. The largest absolute Gasteiger partial charge is 0.497 e. The maximum Gasteiger partial charge on any atom is 0.411 e. The number of nitriles is 2. The number of rotatable bonds is 12. The molecule has 0 saturated carbocycles. The molecule has 9 nitrogen and oxygen atoms in total. The summed E-state index contributed by atoms with van der Waals surface area (Å²) in [5, 5.41) is 16.9. The third-order valence-corrected chi connectivity index (χ3v) is 12.3. The molecule has 8 aromatic rings. The van der Waals surface area contributed by atoms with E-state index in [1.165, 1.54) is 62.8 Å². The minimum absolute atomic E-state index is 0.0571. The summed E-state index contributed by atoms with van der Waals surface area (Å²) < 4.78 is 195. The average molecular weight is 1130 g/mol. The van der Waals surface area contributed by atoms with E-state index in [-0.39, 0.29) is 45.6 Å². The predicted molar refractivity (Wildman–Crippen MR) is 276 cm³/mol. The van der Waals surface area contributed by atoms with Gasteiger partial charge in [0.05, 0.1) is 38.5 Å². The van der Waals surface area contributed by atoms with Crippen LogP contribution in [-0.4, -0.2) is 44.7 Å². The summed E-state index contributed by atoms with van der Waals surface area (Å²) in [6, 6.07) is 41.4. The zero-order chi connectivity index (χ0) is 60.1. The molecule has 0 aliphatic heterocycles. The third-order valence-electron chi connectivity index (χ3n) is 12.3. The minimum atomic E-state index is -5.80. The van der Waals surface area contributed by atoms with E-state index >= 15 is 0 Å². The fourth-order valence-corrected chi connectivity index (χ4v) is 8.31. The lowest BCUT2D eigenvalue weighted by atomic mass is 9.73. The molecule has 0 aromatic heterocycles. The smallest absolute Gasteiger partial charge is 0.411 e. The summed E-state index contributed by atoms with van der Waals surface area (Å²) in [4.78, 5) is 19.6. The Morgan fingerprint density at radius 2 is 0.610 bits per heavy atom. The van der Waals surface area contributed by atoms with Crippen molar-refractivity contribution in [3.8, 4) is 46.6 Å². The molecule has 416 valence electrons. The van der Waals surface area contributed by atoms with Crippen LogP contribution in [-0.2, 0) is 10.8 Å². The van der Waals surface area contributed by atoms with Gasteiger partial charge in [0.15, 0.2) is 17.2 Å². The Hall–Kier alpha value is -10.3. The van der Waals surface area contributed by atoms with Crippen molar-refractivity contribution in [2.75, 3.05) is 14.2 Å². The van der Waals surface area contributed by atoms with E-state index in [4.69, 9.17) is 42.6 Å². The van der Waals surface area contributed by atoms with Crippen LogP contribution >= 0.6 is 0 Å². The van der Waals surface area contributed by atoms with E-state index in [1.807, 2.05) is 12.1 Å². The average Bonchev–Trinajstić information content (AvgIpc) is 2.72. The fraction of sp³-hybridized carbons (Fsp3) is 0.131. The van der Waals surface area contributed by atoms with Gasteiger partial charge < -0.3 is 18.9 Å². The maximum atomic E-state index is 14.5. The number of nitrogens with zero attached hydrogens (tertiary/aromatic N) is 4. The molecule has 0 N–H and O–H groups in total. The number of methoxy groups -OCH3 is 2. The van der Waals surface area contributed by atoms with E-state index in [0.29, 0.717) is 71.0 Å². The van der Waals surface area contributed by atoms with Crippen molar-refractivity contribution in [1.29, 1.82) is 10.5 Å². The monoisotopic (exact) mass is 1130 g/mol. The molecule has 0 fully saturated rings. The zero-order valence-corrected chi connectivity index (χ0v) is 42.3. The van der Waals surface area contributed by atoms with Gasteiger partial charge in [-0.3, -0.25) is 14.5 Å². The first kappa shape index (κ1) is 61.0. The lowest BCUT2D eigenvalue weighted by Gasteiger charge is -2.38. The summed E-state index contributed by atoms with van der Waals surface area (Å²) in [7, 11) is 2.42. The highest BCUT2D eigenvalue weighted by molar-refractivity contribution is 6.09. The molecular weight excluding hydrogens is 1100 g/mol. The first-order valence-corrected chi connectivity index (χ1v) is 23.4. The highest BCUT2D eigenvalue weighted by Gasteiger charge is 2.73. The second kappa shape index (κ2) is 25.3. The van der Waals surface area contributed by atoms with Gasteiger partial charge in [-0.1, -0.05) is 84.9 Å². The lowest BCUT2D eigenvalue weighted by molar-refractivity contribution is -0.290. The quantitative estimate of drug-likeness (QED) is 0.0681. The van der Waals surface area contributed by atoms with Crippen molar-refractivity contribution < 1.29 is 76.4 Å². The SMILES string of the molecule is COc1ccc(C(c2ccc(Oc3ccc(C(=O)c4ccc(Oc5ccc(C(c6ccc(OC)cc6)(C(F)(F)F)C(F)(F)F)cc5)cc4)cc3)cc2)(C(F)(F)F)C(F)(F)F)cc1.N#Cc1ccccc1C#N.[C-]#[N+]c1ccccc1[N+]#[C-]. The van der Waals surface area contributed by atoms with Gasteiger partial charge in [-0.2, -0.15) is 63.2 Å². The second-order valence-electron chi connectivity index (χ2n) is 17.1. The summed E-state index contributed by atoms with van der Waals surface area (Å²) in [6.45, 7) is 13.3.